The van der Waals surface area contributed by atoms with Crippen molar-refractivity contribution in [3.05, 3.63) is 65.0 Å². The molecule has 25 heavy (non-hydrogen) atoms. The van der Waals surface area contributed by atoms with Gasteiger partial charge in [-0.25, -0.2) is 15.0 Å². The van der Waals surface area contributed by atoms with Crippen molar-refractivity contribution in [2.24, 2.45) is 0 Å². The monoisotopic (exact) mass is 326 g/mol. The first-order valence-corrected chi connectivity index (χ1v) is 7.45. The molecule has 0 saturated carbocycles. The number of nitrogen functional groups attached to an aromatic ring is 2. The lowest BCUT2D eigenvalue weighted by molar-refractivity contribution is 1.11. The van der Waals surface area contributed by atoms with E-state index in [1.807, 2.05) is 13.0 Å². The van der Waals surface area contributed by atoms with Gasteiger partial charge in [-0.3, -0.25) is 0 Å². The number of benzene rings is 1. The van der Waals surface area contributed by atoms with Crippen LogP contribution in [0.15, 0.2) is 42.6 Å². The fourth-order valence-corrected chi connectivity index (χ4v) is 2.30. The SMILES string of the molecule is Cc1nc(N)nc(-c2cccc(C#N)c2)c1C#Cc1ccc(N)nc1. The van der Waals surface area contributed by atoms with E-state index in [9.17, 15) is 0 Å². The van der Waals surface area contributed by atoms with Crippen LogP contribution in [-0.4, -0.2) is 15.0 Å². The number of rotatable bonds is 1. The maximum absolute atomic E-state index is 9.11. The lowest BCUT2D eigenvalue weighted by Gasteiger charge is -2.08. The Kier molecular flexibility index (Phi) is 4.28. The van der Waals surface area contributed by atoms with Gasteiger partial charge in [0.1, 0.15) is 5.82 Å². The molecule has 3 rings (SSSR count). The van der Waals surface area contributed by atoms with Gasteiger partial charge in [0, 0.05) is 17.3 Å². The molecule has 0 aliphatic carbocycles. The second-order valence-electron chi connectivity index (χ2n) is 5.31. The van der Waals surface area contributed by atoms with Crippen LogP contribution in [0.4, 0.5) is 11.8 Å². The maximum atomic E-state index is 9.11. The van der Waals surface area contributed by atoms with Crippen LogP contribution < -0.4 is 11.5 Å². The van der Waals surface area contributed by atoms with Crippen molar-refractivity contribution < 1.29 is 0 Å². The Labute approximate surface area is 145 Å². The van der Waals surface area contributed by atoms with Crippen molar-refractivity contribution in [3.8, 4) is 29.2 Å². The zero-order valence-electron chi connectivity index (χ0n) is 13.5. The zero-order chi connectivity index (χ0) is 17.8. The molecule has 2 heterocycles. The number of anilines is 2. The smallest absolute Gasteiger partial charge is 0.220 e. The van der Waals surface area contributed by atoms with Gasteiger partial charge in [-0.05, 0) is 31.2 Å². The Morgan fingerprint density at radius 3 is 2.56 bits per heavy atom. The largest absolute Gasteiger partial charge is 0.384 e. The number of hydrogen-bond donors (Lipinski definition) is 2. The van der Waals surface area contributed by atoms with Crippen molar-refractivity contribution in [1.82, 2.24) is 15.0 Å². The summed E-state index contributed by atoms with van der Waals surface area (Å²) in [4.78, 5) is 12.5. The van der Waals surface area contributed by atoms with Gasteiger partial charge < -0.3 is 11.5 Å². The normalized spacial score (nSPS) is 9.76. The first kappa shape index (κ1) is 16.0. The third-order valence-corrected chi connectivity index (χ3v) is 3.49. The topological polar surface area (TPSA) is 114 Å². The Hall–Kier alpha value is -3.90. The molecular weight excluding hydrogens is 312 g/mol. The molecule has 1 aromatic carbocycles. The second-order valence-corrected chi connectivity index (χ2v) is 5.31. The predicted molar refractivity (Wildman–Crippen MR) is 96.0 cm³/mol. The Balaban J connectivity index is 2.14. The van der Waals surface area contributed by atoms with E-state index in [-0.39, 0.29) is 5.95 Å². The summed E-state index contributed by atoms with van der Waals surface area (Å²) in [5, 5.41) is 9.11. The van der Waals surface area contributed by atoms with Crippen LogP contribution in [0.2, 0.25) is 0 Å². The minimum Gasteiger partial charge on any atom is -0.384 e. The van der Waals surface area contributed by atoms with E-state index in [0.717, 1.165) is 11.1 Å². The average molecular weight is 326 g/mol. The van der Waals surface area contributed by atoms with Crippen molar-refractivity contribution in [3.63, 3.8) is 0 Å². The molecule has 0 unspecified atom stereocenters. The molecule has 0 fully saturated rings. The van der Waals surface area contributed by atoms with Crippen LogP contribution in [0.5, 0.6) is 0 Å². The van der Waals surface area contributed by atoms with Gasteiger partial charge >= 0.3 is 0 Å². The zero-order valence-corrected chi connectivity index (χ0v) is 13.5. The number of pyridine rings is 1. The summed E-state index contributed by atoms with van der Waals surface area (Å²) >= 11 is 0. The lowest BCUT2D eigenvalue weighted by atomic mass is 10.0. The number of nitrogens with zero attached hydrogens (tertiary/aromatic N) is 4. The maximum Gasteiger partial charge on any atom is 0.220 e. The average Bonchev–Trinajstić information content (AvgIpc) is 2.62. The fourth-order valence-electron chi connectivity index (χ4n) is 2.30. The lowest BCUT2D eigenvalue weighted by Crippen LogP contribution is -2.03. The van der Waals surface area contributed by atoms with Crippen molar-refractivity contribution >= 4 is 11.8 Å². The highest BCUT2D eigenvalue weighted by Crippen LogP contribution is 2.24. The number of nitrogens with two attached hydrogens (primary N) is 2. The summed E-state index contributed by atoms with van der Waals surface area (Å²) in [5.74, 6) is 6.72. The van der Waals surface area contributed by atoms with Gasteiger partial charge in [0.25, 0.3) is 0 Å². The van der Waals surface area contributed by atoms with Crippen LogP contribution >= 0.6 is 0 Å². The summed E-state index contributed by atoms with van der Waals surface area (Å²) < 4.78 is 0. The summed E-state index contributed by atoms with van der Waals surface area (Å²) in [6.45, 7) is 1.82. The molecule has 6 heteroatoms. The van der Waals surface area contributed by atoms with E-state index in [4.69, 9.17) is 16.7 Å². The highest BCUT2D eigenvalue weighted by atomic mass is 15.0. The van der Waals surface area contributed by atoms with E-state index >= 15 is 0 Å². The molecule has 0 atom stereocenters. The standard InChI is InChI=1S/C19H14N6/c1-12-16(7-5-13-6-8-17(21)23-11-13)18(25-19(22)24-12)15-4-2-3-14(9-15)10-20/h2-4,6,8-9,11H,1H3,(H2,21,23)(H2,22,24,25). The highest BCUT2D eigenvalue weighted by Gasteiger charge is 2.11. The Morgan fingerprint density at radius 2 is 1.84 bits per heavy atom. The molecule has 6 nitrogen and oxygen atoms in total. The summed E-state index contributed by atoms with van der Waals surface area (Å²) in [6.07, 6.45) is 1.60. The van der Waals surface area contributed by atoms with Crippen LogP contribution in [0, 0.1) is 30.1 Å². The number of aromatic nitrogens is 3. The molecule has 120 valence electrons. The molecule has 2 aromatic heterocycles. The summed E-state index contributed by atoms with van der Waals surface area (Å²) in [5.41, 5.74) is 15.3. The van der Waals surface area contributed by atoms with Gasteiger partial charge in [0.15, 0.2) is 0 Å². The van der Waals surface area contributed by atoms with Crippen LogP contribution in [0.25, 0.3) is 11.3 Å². The number of hydrogen-bond acceptors (Lipinski definition) is 6. The molecule has 0 amide bonds. The van der Waals surface area contributed by atoms with E-state index in [1.54, 1.807) is 36.5 Å². The van der Waals surface area contributed by atoms with Gasteiger partial charge in [-0.1, -0.05) is 24.0 Å². The second kappa shape index (κ2) is 6.69. The molecule has 0 spiro atoms. The molecule has 0 bridgehead atoms. The molecule has 0 saturated heterocycles. The first-order valence-electron chi connectivity index (χ1n) is 7.45. The number of nitriles is 1. The molecule has 0 aliphatic heterocycles. The molecule has 3 aromatic rings. The Morgan fingerprint density at radius 1 is 1.00 bits per heavy atom. The number of aryl methyl sites for hydroxylation is 1. The van der Waals surface area contributed by atoms with Crippen LogP contribution in [0.3, 0.4) is 0 Å². The first-order chi connectivity index (χ1) is 12.1. The molecule has 0 aliphatic rings. The van der Waals surface area contributed by atoms with E-state index in [2.05, 4.69) is 32.9 Å². The third kappa shape index (κ3) is 3.54. The quantitative estimate of drug-likeness (QED) is 0.663. The van der Waals surface area contributed by atoms with Crippen molar-refractivity contribution in [1.29, 1.82) is 5.26 Å². The Bertz CT molecular complexity index is 1040. The highest BCUT2D eigenvalue weighted by molar-refractivity contribution is 5.71. The van der Waals surface area contributed by atoms with Crippen LogP contribution in [0.1, 0.15) is 22.4 Å². The predicted octanol–water partition coefficient (Wildman–Crippen LogP) is 2.28. The van der Waals surface area contributed by atoms with Crippen LogP contribution in [-0.2, 0) is 0 Å². The van der Waals surface area contributed by atoms with Crippen molar-refractivity contribution in [2.75, 3.05) is 11.5 Å². The molecule has 4 N–H and O–H groups in total. The molecule has 0 radical (unpaired) electrons. The third-order valence-electron chi connectivity index (χ3n) is 3.49. The van der Waals surface area contributed by atoms with Gasteiger partial charge in [0.2, 0.25) is 5.95 Å². The summed E-state index contributed by atoms with van der Waals surface area (Å²) in [6, 6.07) is 12.7. The van der Waals surface area contributed by atoms with E-state index in [0.29, 0.717) is 28.3 Å². The van der Waals surface area contributed by atoms with Crippen molar-refractivity contribution in [2.45, 2.75) is 6.92 Å². The van der Waals surface area contributed by atoms with E-state index in [1.165, 1.54) is 0 Å². The van der Waals surface area contributed by atoms with Gasteiger partial charge in [-0.2, -0.15) is 5.26 Å². The fraction of sp³-hybridized carbons (Fsp3) is 0.0526. The minimum absolute atomic E-state index is 0.162. The minimum atomic E-state index is 0.162. The van der Waals surface area contributed by atoms with Gasteiger partial charge in [0.05, 0.1) is 28.6 Å². The van der Waals surface area contributed by atoms with Gasteiger partial charge in [-0.15, -0.1) is 0 Å². The summed E-state index contributed by atoms with van der Waals surface area (Å²) in [7, 11) is 0. The molecular formula is C19H14N6. The van der Waals surface area contributed by atoms with E-state index < -0.39 is 0 Å².